The van der Waals surface area contributed by atoms with Crippen LogP contribution in [0.3, 0.4) is 0 Å². The minimum absolute atomic E-state index is 0.143. The Kier molecular flexibility index (Phi) is 5.91. The van der Waals surface area contributed by atoms with Crippen molar-refractivity contribution < 1.29 is 29.2 Å². The summed E-state index contributed by atoms with van der Waals surface area (Å²) in [7, 11) is 3.60. The molecule has 21 heavy (non-hydrogen) atoms. The van der Waals surface area contributed by atoms with Crippen LogP contribution in [-0.2, 0) is 19.0 Å². The summed E-state index contributed by atoms with van der Waals surface area (Å²) < 4.78 is 16.6. The summed E-state index contributed by atoms with van der Waals surface area (Å²) in [5.74, 6) is -0.143. The number of nitrogens with one attached hydrogen (secondary N) is 1. The minimum Gasteiger partial charge on any atom is -0.387 e. The van der Waals surface area contributed by atoms with Crippen LogP contribution in [0.2, 0.25) is 0 Å². The van der Waals surface area contributed by atoms with Crippen LogP contribution in [0.5, 0.6) is 0 Å². The van der Waals surface area contributed by atoms with Crippen molar-refractivity contribution in [3.8, 4) is 0 Å². The Labute approximate surface area is 124 Å². The Bertz CT molecular complexity index is 352. The van der Waals surface area contributed by atoms with Gasteiger partial charge in [-0.05, 0) is 20.5 Å². The topological polar surface area (TPSA) is 100 Å². The molecule has 3 saturated heterocycles. The predicted molar refractivity (Wildman–Crippen MR) is 72.5 cm³/mol. The van der Waals surface area contributed by atoms with Crippen molar-refractivity contribution in [1.29, 1.82) is 0 Å². The van der Waals surface area contributed by atoms with Crippen molar-refractivity contribution in [2.24, 2.45) is 0 Å². The van der Waals surface area contributed by atoms with Gasteiger partial charge in [0.15, 0.2) is 6.29 Å². The molecule has 0 aliphatic carbocycles. The minimum atomic E-state index is -1.15. The maximum absolute atomic E-state index is 11.7. The van der Waals surface area contributed by atoms with Crippen LogP contribution in [0, 0.1) is 0 Å². The van der Waals surface area contributed by atoms with Crippen molar-refractivity contribution in [3.05, 3.63) is 0 Å². The van der Waals surface area contributed by atoms with Gasteiger partial charge >= 0.3 is 0 Å². The lowest BCUT2D eigenvalue weighted by Gasteiger charge is -2.41. The molecular weight excluding hydrogens is 280 g/mol. The lowest BCUT2D eigenvalue weighted by Crippen LogP contribution is -2.61. The number of hydrogen-bond donors (Lipinski definition) is 3. The average molecular weight is 304 g/mol. The van der Waals surface area contributed by atoms with Gasteiger partial charge < -0.3 is 34.6 Å². The van der Waals surface area contributed by atoms with Crippen LogP contribution in [0.15, 0.2) is 0 Å². The fourth-order valence-electron chi connectivity index (χ4n) is 2.45. The number of hydrogen-bond acceptors (Lipinski definition) is 7. The largest absolute Gasteiger partial charge is 0.387 e. The first-order valence-corrected chi connectivity index (χ1v) is 7.15. The zero-order valence-corrected chi connectivity index (χ0v) is 12.4. The number of fused-ring (bicyclic) bond motifs is 6. The summed E-state index contributed by atoms with van der Waals surface area (Å²) in [6.45, 7) is 1.26. The third-order valence-electron chi connectivity index (χ3n) is 3.48. The Hall–Kier alpha value is -0.770. The normalized spacial score (nSPS) is 36.9. The summed E-state index contributed by atoms with van der Waals surface area (Å²) in [5.41, 5.74) is 0. The predicted octanol–water partition coefficient (Wildman–Crippen LogP) is -2.08. The fraction of sp³-hybridized carbons (Fsp3) is 0.923. The van der Waals surface area contributed by atoms with E-state index in [0.29, 0.717) is 19.6 Å². The number of rotatable bonds is 4. The van der Waals surface area contributed by atoms with Gasteiger partial charge in [-0.25, -0.2) is 0 Å². The summed E-state index contributed by atoms with van der Waals surface area (Å²) in [6, 6.07) is 0. The second kappa shape index (κ2) is 7.48. The Morgan fingerprint density at radius 3 is 2.67 bits per heavy atom. The first-order chi connectivity index (χ1) is 9.99. The third kappa shape index (κ3) is 4.35. The van der Waals surface area contributed by atoms with Gasteiger partial charge in [0.1, 0.15) is 24.4 Å². The maximum Gasteiger partial charge on any atom is 0.234 e. The van der Waals surface area contributed by atoms with Gasteiger partial charge in [-0.15, -0.1) is 0 Å². The van der Waals surface area contributed by atoms with E-state index < -0.39 is 30.7 Å². The Balaban J connectivity index is 1.96. The van der Waals surface area contributed by atoms with E-state index in [1.54, 1.807) is 19.0 Å². The molecule has 0 saturated carbocycles. The molecule has 3 aliphatic heterocycles. The van der Waals surface area contributed by atoms with Crippen LogP contribution in [-0.4, -0.2) is 92.1 Å². The molecule has 0 radical (unpaired) electrons. The van der Waals surface area contributed by atoms with E-state index in [4.69, 9.17) is 14.2 Å². The molecule has 3 fully saturated rings. The standard InChI is InChI=1S/C13H24N2O6/c1-15(2)7-9(16)14-6-8-12-10(17)11(18)13(21-8)20-5-3-4-19-12/h8,10-13,17-18H,3-7H2,1-2H3,(H,14,16). The van der Waals surface area contributed by atoms with E-state index >= 15 is 0 Å². The number of likely N-dealkylation sites (N-methyl/N-ethyl adjacent to an activating group) is 1. The van der Waals surface area contributed by atoms with E-state index in [2.05, 4.69) is 5.32 Å². The first-order valence-electron chi connectivity index (χ1n) is 7.15. The van der Waals surface area contributed by atoms with Gasteiger partial charge in [0.2, 0.25) is 5.91 Å². The highest BCUT2D eigenvalue weighted by Gasteiger charge is 2.46. The highest BCUT2D eigenvalue weighted by molar-refractivity contribution is 5.77. The van der Waals surface area contributed by atoms with Crippen LogP contribution >= 0.6 is 0 Å². The van der Waals surface area contributed by atoms with Crippen molar-refractivity contribution >= 4 is 5.91 Å². The molecule has 3 N–H and O–H groups in total. The molecule has 1 amide bonds. The zero-order valence-electron chi connectivity index (χ0n) is 12.4. The number of aliphatic hydroxyl groups excluding tert-OH is 2. The number of carbonyl (C=O) groups is 1. The van der Waals surface area contributed by atoms with E-state index in [9.17, 15) is 15.0 Å². The van der Waals surface area contributed by atoms with Crippen molar-refractivity contribution in [2.75, 3.05) is 40.4 Å². The van der Waals surface area contributed by atoms with E-state index in [0.717, 1.165) is 0 Å². The quantitative estimate of drug-likeness (QED) is 0.548. The van der Waals surface area contributed by atoms with Gasteiger partial charge in [0.05, 0.1) is 13.2 Å². The van der Waals surface area contributed by atoms with Gasteiger partial charge in [-0.1, -0.05) is 0 Å². The summed E-state index contributed by atoms with van der Waals surface area (Å²) >= 11 is 0. The number of ether oxygens (including phenoxy) is 3. The molecule has 3 aliphatic rings. The number of nitrogens with zero attached hydrogens (tertiary/aromatic N) is 1. The lowest BCUT2D eigenvalue weighted by atomic mass is 9.98. The summed E-state index contributed by atoms with van der Waals surface area (Å²) in [6.07, 6.45) is -3.72. The molecule has 2 bridgehead atoms. The van der Waals surface area contributed by atoms with E-state index in [1.807, 2.05) is 0 Å². The van der Waals surface area contributed by atoms with Crippen molar-refractivity contribution in [1.82, 2.24) is 10.2 Å². The molecule has 0 aromatic rings. The average Bonchev–Trinajstić information content (AvgIpc) is 2.55. The van der Waals surface area contributed by atoms with Gasteiger partial charge in [0, 0.05) is 13.2 Å². The SMILES string of the molecule is CN(C)CC(=O)NCC1OC2OCCCOC1C(O)C2O. The molecule has 8 nitrogen and oxygen atoms in total. The number of aliphatic hydroxyl groups is 2. The van der Waals surface area contributed by atoms with Crippen LogP contribution in [0.4, 0.5) is 0 Å². The van der Waals surface area contributed by atoms with E-state index in [1.165, 1.54) is 0 Å². The van der Waals surface area contributed by atoms with Gasteiger partial charge in [-0.2, -0.15) is 0 Å². The fourth-order valence-corrected chi connectivity index (χ4v) is 2.45. The van der Waals surface area contributed by atoms with Crippen LogP contribution in [0.25, 0.3) is 0 Å². The monoisotopic (exact) mass is 304 g/mol. The molecule has 5 atom stereocenters. The molecular formula is C13H24N2O6. The molecule has 0 aromatic carbocycles. The Morgan fingerprint density at radius 1 is 1.24 bits per heavy atom. The van der Waals surface area contributed by atoms with Gasteiger partial charge in [-0.3, -0.25) is 4.79 Å². The maximum atomic E-state index is 11.7. The molecule has 5 unspecified atom stereocenters. The second-order valence-corrected chi connectivity index (χ2v) is 5.63. The molecule has 3 heterocycles. The molecule has 8 heteroatoms. The van der Waals surface area contributed by atoms with Crippen molar-refractivity contribution in [3.63, 3.8) is 0 Å². The van der Waals surface area contributed by atoms with Crippen molar-refractivity contribution in [2.45, 2.75) is 37.1 Å². The van der Waals surface area contributed by atoms with Crippen LogP contribution in [0.1, 0.15) is 6.42 Å². The lowest BCUT2D eigenvalue weighted by molar-refractivity contribution is -0.292. The number of carbonyl (C=O) groups excluding carboxylic acids is 1. The summed E-state index contributed by atoms with van der Waals surface area (Å²) in [4.78, 5) is 13.4. The smallest absolute Gasteiger partial charge is 0.234 e. The molecule has 0 spiro atoms. The van der Waals surface area contributed by atoms with E-state index in [-0.39, 0.29) is 19.0 Å². The zero-order chi connectivity index (χ0) is 15.4. The Morgan fingerprint density at radius 2 is 1.95 bits per heavy atom. The highest BCUT2D eigenvalue weighted by atomic mass is 16.7. The first kappa shape index (κ1) is 16.6. The summed E-state index contributed by atoms with van der Waals surface area (Å²) in [5, 5.41) is 22.8. The van der Waals surface area contributed by atoms with Gasteiger partial charge in [0.25, 0.3) is 0 Å². The molecule has 122 valence electrons. The second-order valence-electron chi connectivity index (χ2n) is 5.63. The third-order valence-corrected chi connectivity index (χ3v) is 3.48. The molecule has 0 aromatic heterocycles. The number of amides is 1. The molecule has 3 rings (SSSR count). The highest BCUT2D eigenvalue weighted by Crippen LogP contribution is 2.25. The van der Waals surface area contributed by atoms with Crippen LogP contribution < -0.4 is 5.32 Å².